The highest BCUT2D eigenvalue weighted by Gasteiger charge is 2.22. The zero-order valence-corrected chi connectivity index (χ0v) is 15.1. The molecule has 4 aromatic rings. The summed E-state index contributed by atoms with van der Waals surface area (Å²) in [6.45, 7) is 3.10. The molecule has 9 heteroatoms. The average Bonchev–Trinajstić information content (AvgIpc) is 3.11. The van der Waals surface area contributed by atoms with E-state index in [2.05, 4.69) is 25.7 Å². The summed E-state index contributed by atoms with van der Waals surface area (Å²) >= 11 is 0. The number of nitrogens with zero attached hydrogens (tertiary/aromatic N) is 5. The Morgan fingerprint density at radius 1 is 1.21 bits per heavy atom. The number of hydrogen-bond donors (Lipinski definition) is 2. The van der Waals surface area contributed by atoms with Gasteiger partial charge in [-0.25, -0.2) is 14.5 Å². The lowest BCUT2D eigenvalue weighted by Gasteiger charge is -2.22. The zero-order chi connectivity index (χ0) is 19.1. The van der Waals surface area contributed by atoms with Crippen molar-refractivity contribution >= 4 is 22.8 Å². The smallest absolute Gasteiger partial charge is 0.279 e. The SMILES string of the molecule is Cc1cnc2c3c(c(Nc4cccn(-c5ccccn5)c4=O)nn12)OCCN3. The van der Waals surface area contributed by atoms with Crippen molar-refractivity contribution in [3.63, 3.8) is 0 Å². The van der Waals surface area contributed by atoms with Gasteiger partial charge in [0.15, 0.2) is 17.2 Å². The maximum Gasteiger partial charge on any atom is 0.279 e. The number of hydrogen-bond acceptors (Lipinski definition) is 7. The number of aryl methyl sites for hydroxylation is 1. The van der Waals surface area contributed by atoms with Crippen molar-refractivity contribution in [3.05, 3.63) is 65.0 Å². The molecule has 0 saturated carbocycles. The van der Waals surface area contributed by atoms with Crippen LogP contribution >= 0.6 is 0 Å². The van der Waals surface area contributed by atoms with Gasteiger partial charge in [0.2, 0.25) is 0 Å². The van der Waals surface area contributed by atoms with Gasteiger partial charge >= 0.3 is 0 Å². The maximum atomic E-state index is 13.0. The molecule has 2 N–H and O–H groups in total. The van der Waals surface area contributed by atoms with Crippen molar-refractivity contribution in [1.82, 2.24) is 24.1 Å². The van der Waals surface area contributed by atoms with E-state index in [9.17, 15) is 4.79 Å². The van der Waals surface area contributed by atoms with Crippen molar-refractivity contribution in [3.8, 4) is 11.6 Å². The van der Waals surface area contributed by atoms with Crippen LogP contribution in [0, 0.1) is 6.92 Å². The van der Waals surface area contributed by atoms with Crippen LogP contribution in [0.1, 0.15) is 5.69 Å². The lowest BCUT2D eigenvalue weighted by Crippen LogP contribution is -2.23. The number of pyridine rings is 2. The highest BCUT2D eigenvalue weighted by molar-refractivity contribution is 5.82. The summed E-state index contributed by atoms with van der Waals surface area (Å²) in [7, 11) is 0. The van der Waals surface area contributed by atoms with Gasteiger partial charge in [-0.1, -0.05) is 6.07 Å². The van der Waals surface area contributed by atoms with Crippen LogP contribution in [0.2, 0.25) is 0 Å². The second-order valence-electron chi connectivity index (χ2n) is 6.37. The minimum atomic E-state index is -0.233. The maximum absolute atomic E-state index is 13.0. The van der Waals surface area contributed by atoms with Gasteiger partial charge in [-0.2, -0.15) is 0 Å². The molecule has 1 aliphatic rings. The van der Waals surface area contributed by atoms with Crippen molar-refractivity contribution in [2.45, 2.75) is 6.92 Å². The van der Waals surface area contributed by atoms with Gasteiger partial charge in [0.1, 0.15) is 23.8 Å². The van der Waals surface area contributed by atoms with Crippen LogP contribution in [0.15, 0.2) is 53.7 Å². The average molecular weight is 375 g/mol. The highest BCUT2D eigenvalue weighted by Crippen LogP contribution is 2.37. The van der Waals surface area contributed by atoms with Gasteiger partial charge in [0, 0.05) is 18.9 Å². The molecule has 5 rings (SSSR count). The van der Waals surface area contributed by atoms with Gasteiger partial charge in [0.05, 0.1) is 11.9 Å². The minimum Gasteiger partial charge on any atom is -0.486 e. The first kappa shape index (κ1) is 16.3. The third-order valence-electron chi connectivity index (χ3n) is 4.52. The first-order valence-corrected chi connectivity index (χ1v) is 8.87. The van der Waals surface area contributed by atoms with Gasteiger partial charge in [-0.3, -0.25) is 9.36 Å². The molecule has 0 atom stereocenters. The van der Waals surface area contributed by atoms with E-state index >= 15 is 0 Å². The van der Waals surface area contributed by atoms with Crippen molar-refractivity contribution in [2.24, 2.45) is 0 Å². The second kappa shape index (κ2) is 6.38. The topological polar surface area (TPSA) is 98.4 Å². The van der Waals surface area contributed by atoms with Crippen LogP contribution in [0.25, 0.3) is 11.5 Å². The molecule has 0 bridgehead atoms. The third kappa shape index (κ3) is 2.56. The molecule has 4 aromatic heterocycles. The normalized spacial score (nSPS) is 12.9. The molecule has 0 fully saturated rings. The van der Waals surface area contributed by atoms with Crippen LogP contribution < -0.4 is 20.9 Å². The summed E-state index contributed by atoms with van der Waals surface area (Å²) in [6, 6.07) is 8.91. The molecule has 0 radical (unpaired) electrons. The number of aromatic nitrogens is 5. The van der Waals surface area contributed by atoms with Crippen LogP contribution in [0.4, 0.5) is 17.2 Å². The van der Waals surface area contributed by atoms with E-state index in [4.69, 9.17) is 4.74 Å². The highest BCUT2D eigenvalue weighted by atomic mass is 16.5. The fraction of sp³-hybridized carbons (Fsp3) is 0.158. The van der Waals surface area contributed by atoms with Crippen LogP contribution in [0.5, 0.6) is 5.75 Å². The van der Waals surface area contributed by atoms with Crippen molar-refractivity contribution in [1.29, 1.82) is 0 Å². The lowest BCUT2D eigenvalue weighted by atomic mass is 10.3. The Balaban J connectivity index is 1.63. The van der Waals surface area contributed by atoms with E-state index in [0.717, 1.165) is 11.4 Å². The van der Waals surface area contributed by atoms with Crippen LogP contribution in [-0.4, -0.2) is 37.3 Å². The van der Waals surface area contributed by atoms with Gasteiger partial charge in [-0.05, 0) is 31.2 Å². The molecule has 0 amide bonds. The number of anilines is 3. The summed E-state index contributed by atoms with van der Waals surface area (Å²) in [5.41, 5.74) is 2.47. The van der Waals surface area contributed by atoms with E-state index in [-0.39, 0.29) is 5.56 Å². The Morgan fingerprint density at radius 3 is 3.00 bits per heavy atom. The number of rotatable bonds is 3. The number of imidazole rings is 1. The van der Waals surface area contributed by atoms with Crippen molar-refractivity contribution in [2.75, 3.05) is 23.8 Å². The van der Waals surface area contributed by atoms with Crippen LogP contribution in [0.3, 0.4) is 0 Å². The molecule has 0 spiro atoms. The van der Waals surface area contributed by atoms with Gasteiger partial charge < -0.3 is 15.4 Å². The Kier molecular flexibility index (Phi) is 3.71. The minimum absolute atomic E-state index is 0.233. The summed E-state index contributed by atoms with van der Waals surface area (Å²) in [6.07, 6.45) is 5.08. The lowest BCUT2D eigenvalue weighted by molar-refractivity contribution is 0.323. The fourth-order valence-electron chi connectivity index (χ4n) is 3.20. The Morgan fingerprint density at radius 2 is 2.14 bits per heavy atom. The monoisotopic (exact) mass is 375 g/mol. The first-order valence-electron chi connectivity index (χ1n) is 8.87. The van der Waals surface area contributed by atoms with E-state index in [0.29, 0.717) is 41.9 Å². The van der Waals surface area contributed by atoms with Crippen LogP contribution in [-0.2, 0) is 0 Å². The Labute approximate surface area is 159 Å². The quantitative estimate of drug-likeness (QED) is 0.566. The zero-order valence-electron chi connectivity index (χ0n) is 15.1. The molecule has 0 unspecified atom stereocenters. The molecule has 140 valence electrons. The molecule has 9 nitrogen and oxygen atoms in total. The Bertz CT molecular complexity index is 1230. The standard InChI is InChI=1S/C19H17N7O2/c1-12-11-22-18-15-16(28-10-8-21-15)17(24-26(12)18)23-13-5-4-9-25(19(13)27)14-6-2-3-7-20-14/h2-7,9,11,21H,8,10H2,1H3,(H,23,24). The fourth-order valence-corrected chi connectivity index (χ4v) is 3.20. The number of nitrogens with one attached hydrogen (secondary N) is 2. The van der Waals surface area contributed by atoms with E-state index < -0.39 is 0 Å². The van der Waals surface area contributed by atoms with E-state index in [1.54, 1.807) is 47.4 Å². The van der Waals surface area contributed by atoms with Gasteiger partial charge in [0.25, 0.3) is 5.56 Å². The second-order valence-corrected chi connectivity index (χ2v) is 6.37. The predicted octanol–water partition coefficient (Wildman–Crippen LogP) is 2.13. The van der Waals surface area contributed by atoms with E-state index in [1.807, 2.05) is 13.0 Å². The molecular weight excluding hydrogens is 358 g/mol. The van der Waals surface area contributed by atoms with Gasteiger partial charge in [-0.15, -0.1) is 5.10 Å². The summed E-state index contributed by atoms with van der Waals surface area (Å²) < 4.78 is 9.04. The summed E-state index contributed by atoms with van der Waals surface area (Å²) in [4.78, 5) is 21.6. The largest absolute Gasteiger partial charge is 0.486 e. The molecule has 0 aromatic carbocycles. The molecule has 0 saturated heterocycles. The molecular formula is C19H17N7O2. The Hall–Kier alpha value is -3.88. The first-order chi connectivity index (χ1) is 13.7. The summed E-state index contributed by atoms with van der Waals surface area (Å²) in [5.74, 6) is 1.55. The molecule has 5 heterocycles. The third-order valence-corrected chi connectivity index (χ3v) is 4.52. The molecule has 0 aliphatic carbocycles. The number of fused-ring (bicyclic) bond motifs is 3. The molecule has 28 heavy (non-hydrogen) atoms. The number of ether oxygens (including phenoxy) is 1. The predicted molar refractivity (Wildman–Crippen MR) is 105 cm³/mol. The summed E-state index contributed by atoms with van der Waals surface area (Å²) in [5, 5.41) is 11.1. The van der Waals surface area contributed by atoms with E-state index in [1.165, 1.54) is 4.57 Å². The molecule has 1 aliphatic heterocycles. The van der Waals surface area contributed by atoms with Crippen molar-refractivity contribution < 1.29 is 4.74 Å².